The van der Waals surface area contributed by atoms with E-state index in [1.165, 1.54) is 4.90 Å². The fourth-order valence-corrected chi connectivity index (χ4v) is 8.03. The minimum absolute atomic E-state index is 0.00266. The molecule has 0 unspecified atom stereocenters. The summed E-state index contributed by atoms with van der Waals surface area (Å²) in [6.45, 7) is 10.9. The third-order valence-corrected chi connectivity index (χ3v) is 11.4. The Labute approximate surface area is 325 Å². The second-order valence-electron chi connectivity index (χ2n) is 15.6. The van der Waals surface area contributed by atoms with Gasteiger partial charge in [-0.2, -0.15) is 0 Å². The highest BCUT2D eigenvalue weighted by Gasteiger charge is 2.45. The van der Waals surface area contributed by atoms with Crippen molar-refractivity contribution in [2.45, 2.75) is 84.2 Å². The molecule has 3 amide bonds. The zero-order valence-corrected chi connectivity index (χ0v) is 32.8. The number of amides is 3. The van der Waals surface area contributed by atoms with Gasteiger partial charge in [0.1, 0.15) is 17.8 Å². The quantitative estimate of drug-likeness (QED) is 0.128. The lowest BCUT2D eigenvalue weighted by molar-refractivity contribution is -0.144. The van der Waals surface area contributed by atoms with Gasteiger partial charge in [0.15, 0.2) is 5.82 Å². The number of piperidine rings is 1. The molecule has 2 aromatic heterocycles. The number of phenols is 1. The zero-order chi connectivity index (χ0) is 39.4. The Hall–Kier alpha value is -5.12. The van der Waals surface area contributed by atoms with E-state index >= 15 is 0 Å². The van der Waals surface area contributed by atoms with Crippen molar-refractivity contribution in [3.63, 3.8) is 0 Å². The number of hydrogen-bond acceptors (Lipinski definition) is 12. The number of thiazole rings is 1. The molecule has 4 heterocycles. The molecule has 4 atom stereocenters. The van der Waals surface area contributed by atoms with Crippen molar-refractivity contribution >= 4 is 40.6 Å². The summed E-state index contributed by atoms with van der Waals surface area (Å²) in [6, 6.07) is 14.6. The number of anilines is 2. The highest BCUT2D eigenvalue weighted by molar-refractivity contribution is 7.13. The third kappa shape index (κ3) is 9.40. The van der Waals surface area contributed by atoms with Crippen LogP contribution in [0.1, 0.15) is 64.3 Å². The Balaban J connectivity index is 1.03. The summed E-state index contributed by atoms with van der Waals surface area (Å²) in [4.78, 5) is 50.2. The van der Waals surface area contributed by atoms with Crippen molar-refractivity contribution in [1.29, 1.82) is 0 Å². The summed E-state index contributed by atoms with van der Waals surface area (Å²) >= 11 is 1.58. The lowest BCUT2D eigenvalue weighted by Gasteiger charge is -2.36. The summed E-state index contributed by atoms with van der Waals surface area (Å²) in [7, 11) is 0. The van der Waals surface area contributed by atoms with Gasteiger partial charge < -0.3 is 36.8 Å². The van der Waals surface area contributed by atoms with Crippen molar-refractivity contribution in [3.8, 4) is 27.4 Å². The number of rotatable bonds is 11. The maximum atomic E-state index is 14.2. The van der Waals surface area contributed by atoms with Crippen LogP contribution in [0.25, 0.3) is 21.7 Å². The Morgan fingerprint density at radius 2 is 1.75 bits per heavy atom. The molecule has 0 spiro atoms. The molecule has 0 aliphatic carbocycles. The highest BCUT2D eigenvalue weighted by atomic mass is 32.1. The molecule has 2 aromatic carbocycles. The number of aryl methyl sites for hydroxylation is 1. The second-order valence-corrected chi connectivity index (χ2v) is 16.5. The van der Waals surface area contributed by atoms with Crippen LogP contribution in [-0.4, -0.2) is 103 Å². The number of hydrogen-bond donors (Lipinski definition) is 6. The number of carbonyl (C=O) groups excluding carboxylic acids is 3. The van der Waals surface area contributed by atoms with E-state index in [-0.39, 0.29) is 55.0 Å². The number of benzene rings is 2. The molecule has 0 bridgehead atoms. The van der Waals surface area contributed by atoms with Gasteiger partial charge in [0.05, 0.1) is 46.2 Å². The van der Waals surface area contributed by atoms with Crippen LogP contribution in [0.5, 0.6) is 5.75 Å². The maximum Gasteiger partial charge on any atom is 0.246 e. The topological polar surface area (TPSA) is 199 Å². The fraction of sp³-hybridized carbons (Fsp3) is 0.450. The molecule has 292 valence electrons. The average molecular weight is 770 g/mol. The maximum absolute atomic E-state index is 14.2. The van der Waals surface area contributed by atoms with E-state index in [2.05, 4.69) is 31.1 Å². The number of aliphatic hydroxyl groups is 1. The van der Waals surface area contributed by atoms with Gasteiger partial charge >= 0.3 is 0 Å². The monoisotopic (exact) mass is 769 g/mol. The molecule has 2 aliphatic rings. The lowest BCUT2D eigenvalue weighted by Crippen LogP contribution is -2.59. The molecule has 0 saturated carbocycles. The average Bonchev–Trinajstić information content (AvgIpc) is 3.77. The number of para-hydroxylation sites is 1. The number of β-amino-alcohol motifs (C(OH)–C–C–N with tert-alkyl or cyclic N) is 1. The summed E-state index contributed by atoms with van der Waals surface area (Å²) < 4.78 is 0. The van der Waals surface area contributed by atoms with E-state index in [1.807, 2.05) is 75.4 Å². The fourth-order valence-electron chi connectivity index (χ4n) is 7.22. The molecule has 2 saturated heterocycles. The van der Waals surface area contributed by atoms with E-state index in [0.29, 0.717) is 30.0 Å². The second kappa shape index (κ2) is 16.7. The Morgan fingerprint density at radius 1 is 1.04 bits per heavy atom. The summed E-state index contributed by atoms with van der Waals surface area (Å²) in [5.74, 6) is -0.686. The van der Waals surface area contributed by atoms with Crippen molar-refractivity contribution in [3.05, 3.63) is 71.4 Å². The Morgan fingerprint density at radius 3 is 2.40 bits per heavy atom. The molecule has 55 heavy (non-hydrogen) atoms. The van der Waals surface area contributed by atoms with Gasteiger partial charge in [-0.15, -0.1) is 21.5 Å². The van der Waals surface area contributed by atoms with E-state index in [4.69, 9.17) is 5.73 Å². The first kappa shape index (κ1) is 39.6. The van der Waals surface area contributed by atoms with Crippen LogP contribution in [0.4, 0.5) is 11.5 Å². The minimum Gasteiger partial charge on any atom is -0.507 e. The molecule has 0 radical (unpaired) electrons. The van der Waals surface area contributed by atoms with Crippen LogP contribution in [0.2, 0.25) is 0 Å². The minimum atomic E-state index is -0.916. The standard InChI is InChI=1S/C40H51N9O5S/c1-23(25-10-12-26(13-11-25)35-24(2)42-22-55-35)43-38(53)32-18-28(50)20-49(32)39(54)36(40(3,4)5)45-34(52)21-48-16-14-27(15-17-48)44-31-19-30(46-47-37(31)41)29-8-6-7-9-33(29)51/h6-13,19,22-23,27-28,32,36,50-51H,14-18,20-21H2,1-5H3,(H2,41,47)(H,43,53)(H,44,46)(H,45,52)/t23-,28+,32-,36+/m0/s1. The first-order chi connectivity index (χ1) is 26.2. The number of carbonyl (C=O) groups is 3. The molecule has 14 nitrogen and oxygen atoms in total. The number of nitrogens with zero attached hydrogens (tertiary/aromatic N) is 5. The molecule has 4 aromatic rings. The SMILES string of the molecule is Cc1ncsc1-c1ccc([C@H](C)NC(=O)[C@@H]2C[C@@H](O)CN2C(=O)[C@@H](NC(=O)CN2CCC(Nc3cc(-c4ccccc4O)nnc3N)CC2)C(C)(C)C)cc1. The zero-order valence-electron chi connectivity index (χ0n) is 32.0. The molecule has 2 fully saturated rings. The van der Waals surface area contributed by atoms with E-state index in [9.17, 15) is 24.6 Å². The van der Waals surface area contributed by atoms with Gasteiger partial charge in [0, 0.05) is 37.7 Å². The van der Waals surface area contributed by atoms with Crippen LogP contribution in [-0.2, 0) is 14.4 Å². The highest BCUT2D eigenvalue weighted by Crippen LogP contribution is 2.32. The first-order valence-electron chi connectivity index (χ1n) is 18.7. The van der Waals surface area contributed by atoms with Gasteiger partial charge in [0.2, 0.25) is 17.7 Å². The third-order valence-electron chi connectivity index (χ3n) is 10.4. The van der Waals surface area contributed by atoms with Crippen LogP contribution < -0.4 is 21.7 Å². The van der Waals surface area contributed by atoms with Crippen molar-refractivity contribution in [2.24, 2.45) is 5.41 Å². The van der Waals surface area contributed by atoms with Gasteiger partial charge in [-0.1, -0.05) is 57.2 Å². The summed E-state index contributed by atoms with van der Waals surface area (Å²) in [5.41, 5.74) is 11.9. The number of phenolic OH excluding ortho intramolecular Hbond substituents is 1. The molecular weight excluding hydrogens is 719 g/mol. The van der Waals surface area contributed by atoms with Gasteiger partial charge in [-0.3, -0.25) is 19.3 Å². The van der Waals surface area contributed by atoms with Crippen molar-refractivity contribution < 1.29 is 24.6 Å². The van der Waals surface area contributed by atoms with E-state index < -0.39 is 29.5 Å². The van der Waals surface area contributed by atoms with Crippen LogP contribution in [0.15, 0.2) is 60.1 Å². The molecule has 6 rings (SSSR count). The summed E-state index contributed by atoms with van der Waals surface area (Å²) in [5, 5.41) is 38.6. The number of aromatic nitrogens is 3. The first-order valence-corrected chi connectivity index (χ1v) is 19.5. The predicted molar refractivity (Wildman–Crippen MR) is 213 cm³/mol. The van der Waals surface area contributed by atoms with Gasteiger partial charge in [-0.25, -0.2) is 4.98 Å². The number of nitrogen functional groups attached to an aromatic ring is 1. The predicted octanol–water partition coefficient (Wildman–Crippen LogP) is 4.11. The van der Waals surface area contributed by atoms with E-state index in [0.717, 1.165) is 34.5 Å². The van der Waals surface area contributed by atoms with Crippen LogP contribution in [0.3, 0.4) is 0 Å². The number of likely N-dealkylation sites (tertiary alicyclic amines) is 2. The largest absolute Gasteiger partial charge is 0.507 e. The lowest BCUT2D eigenvalue weighted by atomic mass is 9.85. The van der Waals surface area contributed by atoms with Gasteiger partial charge in [-0.05, 0) is 61.4 Å². The summed E-state index contributed by atoms with van der Waals surface area (Å²) in [6.07, 6.45) is 0.719. The number of nitrogens with two attached hydrogens (primary N) is 1. The smallest absolute Gasteiger partial charge is 0.246 e. The molecule has 2 aliphatic heterocycles. The molecule has 15 heteroatoms. The molecule has 7 N–H and O–H groups in total. The number of aromatic hydroxyl groups is 1. The van der Waals surface area contributed by atoms with Crippen molar-refractivity contribution in [1.82, 2.24) is 35.6 Å². The Bertz CT molecular complexity index is 1990. The number of aliphatic hydroxyl groups excluding tert-OH is 1. The normalized spacial score (nSPS) is 19.1. The van der Waals surface area contributed by atoms with Gasteiger partial charge in [0.25, 0.3) is 0 Å². The van der Waals surface area contributed by atoms with Crippen molar-refractivity contribution in [2.75, 3.05) is 37.2 Å². The Kier molecular flexibility index (Phi) is 12.0. The number of nitrogens with one attached hydrogen (secondary N) is 3. The van der Waals surface area contributed by atoms with E-state index in [1.54, 1.807) is 35.6 Å². The van der Waals surface area contributed by atoms with Crippen LogP contribution in [0, 0.1) is 12.3 Å². The molecular formula is C40H51N9O5S. The van der Waals surface area contributed by atoms with Crippen LogP contribution >= 0.6 is 11.3 Å².